The molecule has 1 aromatic carbocycles. The Morgan fingerprint density at radius 1 is 1.25 bits per heavy atom. The third kappa shape index (κ3) is 5.59. The summed E-state index contributed by atoms with van der Waals surface area (Å²) in [5.74, 6) is 0.509. The van der Waals surface area contributed by atoms with Crippen LogP contribution in [-0.2, 0) is 0 Å². The number of benzene rings is 1. The summed E-state index contributed by atoms with van der Waals surface area (Å²) in [6, 6.07) is 9.28. The van der Waals surface area contributed by atoms with E-state index in [1.807, 2.05) is 43.5 Å². The lowest BCUT2D eigenvalue weighted by Gasteiger charge is -2.33. The lowest BCUT2D eigenvalue weighted by molar-refractivity contribution is 0.0951. The molecule has 1 aliphatic rings. The normalized spacial score (nSPS) is 14.9. The highest BCUT2D eigenvalue weighted by Gasteiger charge is 2.22. The number of carbonyl (C=O) groups is 1. The second-order valence-electron chi connectivity index (χ2n) is 7.21. The highest BCUT2D eigenvalue weighted by Crippen LogP contribution is 2.29. The standard InChI is InChI=1S/C21H27ClN4O2/c1-25(2)14-11-24-21(27)16-3-4-20(19(22)15-16)28-18-7-12-26(13-8-18)17-5-9-23-10-6-17/h3-6,9-10,15,18H,7-8,11-14H2,1-2H3,(H,24,27). The summed E-state index contributed by atoms with van der Waals surface area (Å²) in [4.78, 5) is 20.6. The number of piperidine rings is 1. The molecule has 0 spiro atoms. The number of hydrogen-bond acceptors (Lipinski definition) is 5. The maximum atomic E-state index is 12.2. The minimum atomic E-state index is -0.124. The van der Waals surface area contributed by atoms with Crippen LogP contribution in [0.5, 0.6) is 5.75 Å². The highest BCUT2D eigenvalue weighted by atomic mass is 35.5. The van der Waals surface area contributed by atoms with Crippen molar-refractivity contribution in [3.8, 4) is 5.75 Å². The summed E-state index contributed by atoms with van der Waals surface area (Å²) in [6.07, 6.45) is 5.60. The summed E-state index contributed by atoms with van der Waals surface area (Å²) in [5, 5.41) is 3.36. The van der Waals surface area contributed by atoms with Crippen LogP contribution in [0, 0.1) is 0 Å². The van der Waals surface area contributed by atoms with Crippen molar-refractivity contribution in [3.63, 3.8) is 0 Å². The van der Waals surface area contributed by atoms with Crippen molar-refractivity contribution in [1.82, 2.24) is 15.2 Å². The number of amides is 1. The Labute approximate surface area is 171 Å². The van der Waals surface area contributed by atoms with E-state index in [9.17, 15) is 4.79 Å². The first kappa shape index (κ1) is 20.4. The van der Waals surface area contributed by atoms with Crippen LogP contribution < -0.4 is 15.0 Å². The molecule has 0 bridgehead atoms. The van der Waals surface area contributed by atoms with Gasteiger partial charge in [0.2, 0.25) is 0 Å². The molecule has 0 saturated carbocycles. The molecule has 0 radical (unpaired) electrons. The van der Waals surface area contributed by atoms with Gasteiger partial charge in [0, 0.05) is 62.7 Å². The van der Waals surface area contributed by atoms with Crippen LogP contribution in [0.15, 0.2) is 42.7 Å². The molecule has 1 amide bonds. The number of ether oxygens (including phenoxy) is 1. The van der Waals surface area contributed by atoms with E-state index in [2.05, 4.69) is 15.2 Å². The number of carbonyl (C=O) groups excluding carboxylic acids is 1. The SMILES string of the molecule is CN(C)CCNC(=O)c1ccc(OC2CCN(c3ccncc3)CC2)c(Cl)c1. The van der Waals surface area contributed by atoms with Crippen LogP contribution in [-0.4, -0.2) is 62.2 Å². The van der Waals surface area contributed by atoms with Gasteiger partial charge in [-0.3, -0.25) is 9.78 Å². The number of rotatable bonds is 7. The highest BCUT2D eigenvalue weighted by molar-refractivity contribution is 6.32. The average Bonchev–Trinajstić information content (AvgIpc) is 2.70. The average molecular weight is 403 g/mol. The van der Waals surface area contributed by atoms with E-state index < -0.39 is 0 Å². The summed E-state index contributed by atoms with van der Waals surface area (Å²) >= 11 is 6.37. The van der Waals surface area contributed by atoms with E-state index in [1.54, 1.807) is 18.2 Å². The van der Waals surface area contributed by atoms with Gasteiger partial charge >= 0.3 is 0 Å². The molecule has 0 aliphatic carbocycles. The molecular weight excluding hydrogens is 376 g/mol. The van der Waals surface area contributed by atoms with Crippen molar-refractivity contribution in [2.45, 2.75) is 18.9 Å². The number of anilines is 1. The van der Waals surface area contributed by atoms with Crippen molar-refractivity contribution in [1.29, 1.82) is 0 Å². The van der Waals surface area contributed by atoms with E-state index in [0.717, 1.165) is 32.5 Å². The summed E-state index contributed by atoms with van der Waals surface area (Å²) in [6.45, 7) is 3.24. The first-order valence-corrected chi connectivity index (χ1v) is 9.95. The van der Waals surface area contributed by atoms with Crippen molar-refractivity contribution in [2.75, 3.05) is 45.2 Å². The molecule has 150 valence electrons. The van der Waals surface area contributed by atoms with Crippen LogP contribution in [0.2, 0.25) is 5.02 Å². The Bertz CT molecular complexity index is 777. The summed E-state index contributed by atoms with van der Waals surface area (Å²) in [7, 11) is 3.94. The largest absolute Gasteiger partial charge is 0.489 e. The molecule has 2 heterocycles. The molecule has 1 aromatic heterocycles. The van der Waals surface area contributed by atoms with E-state index in [4.69, 9.17) is 16.3 Å². The van der Waals surface area contributed by atoms with Gasteiger partial charge in [-0.2, -0.15) is 0 Å². The van der Waals surface area contributed by atoms with Gasteiger partial charge in [-0.1, -0.05) is 11.6 Å². The molecular formula is C21H27ClN4O2. The molecule has 7 heteroatoms. The zero-order chi connectivity index (χ0) is 19.9. The molecule has 28 heavy (non-hydrogen) atoms. The van der Waals surface area contributed by atoms with E-state index in [-0.39, 0.29) is 12.0 Å². The molecule has 1 N–H and O–H groups in total. The Kier molecular flexibility index (Phi) is 7.12. The molecule has 1 saturated heterocycles. The predicted octanol–water partition coefficient (Wildman–Crippen LogP) is 3.07. The summed E-state index contributed by atoms with van der Waals surface area (Å²) in [5.41, 5.74) is 1.74. The van der Waals surface area contributed by atoms with Crippen molar-refractivity contribution in [2.24, 2.45) is 0 Å². The maximum absolute atomic E-state index is 12.2. The second-order valence-corrected chi connectivity index (χ2v) is 7.62. The monoisotopic (exact) mass is 402 g/mol. The molecule has 0 unspecified atom stereocenters. The Balaban J connectivity index is 1.52. The fourth-order valence-electron chi connectivity index (χ4n) is 3.20. The molecule has 0 atom stereocenters. The third-order valence-corrected chi connectivity index (χ3v) is 5.10. The fourth-order valence-corrected chi connectivity index (χ4v) is 3.42. The van der Waals surface area contributed by atoms with Gasteiger partial charge in [0.15, 0.2) is 0 Å². The van der Waals surface area contributed by atoms with E-state index in [0.29, 0.717) is 22.9 Å². The van der Waals surface area contributed by atoms with Gasteiger partial charge in [-0.25, -0.2) is 0 Å². The smallest absolute Gasteiger partial charge is 0.251 e. The lowest BCUT2D eigenvalue weighted by atomic mass is 10.1. The maximum Gasteiger partial charge on any atom is 0.251 e. The molecule has 1 aliphatic heterocycles. The van der Waals surface area contributed by atoms with Gasteiger partial charge in [0.05, 0.1) is 5.02 Å². The molecule has 6 nitrogen and oxygen atoms in total. The van der Waals surface area contributed by atoms with Crippen LogP contribution in [0.3, 0.4) is 0 Å². The van der Waals surface area contributed by atoms with Gasteiger partial charge in [-0.05, 0) is 44.4 Å². The summed E-state index contributed by atoms with van der Waals surface area (Å²) < 4.78 is 6.11. The van der Waals surface area contributed by atoms with Gasteiger partial charge in [0.1, 0.15) is 11.9 Å². The minimum absolute atomic E-state index is 0.121. The number of nitrogens with one attached hydrogen (secondary N) is 1. The minimum Gasteiger partial charge on any atom is -0.489 e. The first-order valence-electron chi connectivity index (χ1n) is 9.57. The van der Waals surface area contributed by atoms with E-state index >= 15 is 0 Å². The first-order chi connectivity index (χ1) is 13.5. The zero-order valence-corrected chi connectivity index (χ0v) is 17.2. The van der Waals surface area contributed by atoms with Crippen LogP contribution >= 0.6 is 11.6 Å². The van der Waals surface area contributed by atoms with Crippen molar-refractivity contribution in [3.05, 3.63) is 53.3 Å². The number of pyridine rings is 1. The lowest BCUT2D eigenvalue weighted by Crippen LogP contribution is -2.38. The predicted molar refractivity (Wildman–Crippen MR) is 112 cm³/mol. The Morgan fingerprint density at radius 2 is 1.96 bits per heavy atom. The van der Waals surface area contributed by atoms with Gasteiger partial charge < -0.3 is 19.9 Å². The zero-order valence-electron chi connectivity index (χ0n) is 16.4. The fraction of sp³-hybridized carbons (Fsp3) is 0.429. The Morgan fingerprint density at radius 3 is 2.61 bits per heavy atom. The third-order valence-electron chi connectivity index (χ3n) is 4.80. The number of hydrogen-bond donors (Lipinski definition) is 1. The molecule has 1 fully saturated rings. The van der Waals surface area contributed by atoms with Crippen LogP contribution in [0.25, 0.3) is 0 Å². The Hall–Kier alpha value is -2.31. The van der Waals surface area contributed by atoms with Crippen LogP contribution in [0.4, 0.5) is 5.69 Å². The van der Waals surface area contributed by atoms with Gasteiger partial charge in [0.25, 0.3) is 5.91 Å². The number of likely N-dealkylation sites (N-methyl/N-ethyl adjacent to an activating group) is 1. The van der Waals surface area contributed by atoms with E-state index in [1.165, 1.54) is 5.69 Å². The van der Waals surface area contributed by atoms with Crippen molar-refractivity contribution < 1.29 is 9.53 Å². The topological polar surface area (TPSA) is 57.7 Å². The number of nitrogens with zero attached hydrogens (tertiary/aromatic N) is 3. The molecule has 3 rings (SSSR count). The van der Waals surface area contributed by atoms with Crippen LogP contribution in [0.1, 0.15) is 23.2 Å². The molecule has 2 aromatic rings. The number of halogens is 1. The quantitative estimate of drug-likeness (QED) is 0.771. The van der Waals surface area contributed by atoms with Gasteiger partial charge in [-0.15, -0.1) is 0 Å². The van der Waals surface area contributed by atoms with Crippen molar-refractivity contribution >= 4 is 23.2 Å². The number of aromatic nitrogens is 1. The second kappa shape index (κ2) is 9.75.